The lowest BCUT2D eigenvalue weighted by Gasteiger charge is -2.26. The molecule has 2 aliphatic carbocycles. The van der Waals surface area contributed by atoms with Gasteiger partial charge in [-0.3, -0.25) is 0 Å². The summed E-state index contributed by atoms with van der Waals surface area (Å²) in [5.41, 5.74) is 0. The highest BCUT2D eigenvalue weighted by Gasteiger charge is 2.31. The van der Waals surface area contributed by atoms with Gasteiger partial charge >= 0.3 is 0 Å². The van der Waals surface area contributed by atoms with Gasteiger partial charge in [-0.2, -0.15) is 0 Å². The van der Waals surface area contributed by atoms with Crippen LogP contribution in [-0.4, -0.2) is 13.1 Å². The summed E-state index contributed by atoms with van der Waals surface area (Å²) in [5.74, 6) is 4.00. The minimum atomic E-state index is 0.986. The van der Waals surface area contributed by atoms with Crippen LogP contribution in [0.15, 0.2) is 0 Å². The Morgan fingerprint density at radius 1 is 1.00 bits per heavy atom. The van der Waals surface area contributed by atoms with Gasteiger partial charge in [-0.1, -0.05) is 26.7 Å². The van der Waals surface area contributed by atoms with E-state index in [1.54, 1.807) is 0 Å². The Hall–Kier alpha value is -0.0400. The lowest BCUT2D eigenvalue weighted by molar-refractivity contribution is 0.281. The van der Waals surface area contributed by atoms with Gasteiger partial charge in [0.2, 0.25) is 0 Å². The Morgan fingerprint density at radius 2 is 1.64 bits per heavy atom. The molecule has 0 aliphatic heterocycles. The average Bonchev–Trinajstić information content (AvgIpc) is 2.86. The van der Waals surface area contributed by atoms with Gasteiger partial charge in [0.25, 0.3) is 0 Å². The first-order chi connectivity index (χ1) is 6.75. The predicted molar refractivity (Wildman–Crippen MR) is 61.3 cm³/mol. The number of hydrogen-bond donors (Lipinski definition) is 1. The van der Waals surface area contributed by atoms with Gasteiger partial charge in [0.15, 0.2) is 0 Å². The molecule has 0 saturated heterocycles. The molecule has 1 nitrogen and oxygen atoms in total. The van der Waals surface area contributed by atoms with Gasteiger partial charge in [0, 0.05) is 0 Å². The molecule has 2 unspecified atom stereocenters. The lowest BCUT2D eigenvalue weighted by Crippen LogP contribution is -2.27. The van der Waals surface area contributed by atoms with Crippen LogP contribution in [0.3, 0.4) is 0 Å². The smallest absolute Gasteiger partial charge is 0.00177 e. The standard InChI is InChI=1S/C13H25N/c1-10-3-5-12(6-4-10)8-14-9-13-7-11(13)2/h10-14H,3-9H2,1-2H3. The molecule has 0 radical (unpaired) electrons. The summed E-state index contributed by atoms with van der Waals surface area (Å²) in [5, 5.41) is 3.66. The van der Waals surface area contributed by atoms with E-state index in [1.807, 2.05) is 0 Å². The summed E-state index contributed by atoms with van der Waals surface area (Å²) in [6.45, 7) is 7.34. The molecule has 0 aromatic heterocycles. The predicted octanol–water partition coefficient (Wildman–Crippen LogP) is 3.06. The van der Waals surface area contributed by atoms with E-state index in [0.717, 1.165) is 23.7 Å². The largest absolute Gasteiger partial charge is 0.316 e. The summed E-state index contributed by atoms with van der Waals surface area (Å²) < 4.78 is 0. The van der Waals surface area contributed by atoms with Crippen molar-refractivity contribution in [1.29, 1.82) is 0 Å². The maximum atomic E-state index is 3.66. The molecule has 2 rings (SSSR count). The SMILES string of the molecule is CC1CCC(CNCC2CC2C)CC1. The second kappa shape index (κ2) is 4.65. The summed E-state index contributed by atoms with van der Waals surface area (Å²) in [6.07, 6.45) is 7.33. The van der Waals surface area contributed by atoms with Crippen molar-refractivity contribution in [2.75, 3.05) is 13.1 Å². The van der Waals surface area contributed by atoms with Crippen LogP contribution in [0.4, 0.5) is 0 Å². The fourth-order valence-electron chi connectivity index (χ4n) is 2.69. The Bertz CT molecular complexity index is 170. The lowest BCUT2D eigenvalue weighted by atomic mass is 9.83. The molecule has 2 saturated carbocycles. The second-order valence-corrected chi connectivity index (χ2v) is 5.76. The van der Waals surface area contributed by atoms with Crippen LogP contribution in [0.5, 0.6) is 0 Å². The topological polar surface area (TPSA) is 12.0 Å². The summed E-state index contributed by atoms with van der Waals surface area (Å²) in [6, 6.07) is 0. The molecule has 0 bridgehead atoms. The van der Waals surface area contributed by atoms with Gasteiger partial charge in [0.05, 0.1) is 0 Å². The first-order valence-corrected chi connectivity index (χ1v) is 6.46. The minimum absolute atomic E-state index is 0.986. The van der Waals surface area contributed by atoms with E-state index in [1.165, 1.54) is 45.2 Å². The van der Waals surface area contributed by atoms with E-state index in [-0.39, 0.29) is 0 Å². The van der Waals surface area contributed by atoms with Crippen molar-refractivity contribution in [2.24, 2.45) is 23.7 Å². The monoisotopic (exact) mass is 195 g/mol. The Balaban J connectivity index is 1.53. The van der Waals surface area contributed by atoms with Crippen molar-refractivity contribution in [3.8, 4) is 0 Å². The van der Waals surface area contributed by atoms with Crippen LogP contribution >= 0.6 is 0 Å². The number of hydrogen-bond acceptors (Lipinski definition) is 1. The van der Waals surface area contributed by atoms with E-state index in [0.29, 0.717) is 0 Å². The van der Waals surface area contributed by atoms with E-state index < -0.39 is 0 Å². The van der Waals surface area contributed by atoms with Crippen molar-refractivity contribution in [2.45, 2.75) is 46.0 Å². The van der Waals surface area contributed by atoms with Gasteiger partial charge in [-0.15, -0.1) is 0 Å². The van der Waals surface area contributed by atoms with Gasteiger partial charge < -0.3 is 5.32 Å². The molecule has 1 N–H and O–H groups in total. The fraction of sp³-hybridized carbons (Fsp3) is 1.00. The zero-order chi connectivity index (χ0) is 9.97. The molecule has 14 heavy (non-hydrogen) atoms. The maximum Gasteiger partial charge on any atom is -0.00177 e. The molecule has 2 aliphatic rings. The maximum absolute atomic E-state index is 3.66. The Kier molecular flexibility index (Phi) is 3.48. The van der Waals surface area contributed by atoms with Crippen LogP contribution in [0.1, 0.15) is 46.0 Å². The molecule has 0 aromatic rings. The van der Waals surface area contributed by atoms with Crippen LogP contribution in [0, 0.1) is 23.7 Å². The third-order valence-corrected chi connectivity index (χ3v) is 4.25. The Morgan fingerprint density at radius 3 is 2.21 bits per heavy atom. The summed E-state index contributed by atoms with van der Waals surface area (Å²) in [7, 11) is 0. The van der Waals surface area contributed by atoms with E-state index in [4.69, 9.17) is 0 Å². The van der Waals surface area contributed by atoms with Crippen molar-refractivity contribution in [3.05, 3.63) is 0 Å². The van der Waals surface area contributed by atoms with Crippen LogP contribution in [0.2, 0.25) is 0 Å². The van der Waals surface area contributed by atoms with Gasteiger partial charge in [0.1, 0.15) is 0 Å². The molecule has 0 spiro atoms. The third-order valence-electron chi connectivity index (χ3n) is 4.25. The van der Waals surface area contributed by atoms with Crippen molar-refractivity contribution >= 4 is 0 Å². The zero-order valence-corrected chi connectivity index (χ0v) is 9.76. The van der Waals surface area contributed by atoms with Crippen LogP contribution in [-0.2, 0) is 0 Å². The van der Waals surface area contributed by atoms with Crippen LogP contribution in [0.25, 0.3) is 0 Å². The Labute approximate surface area is 88.7 Å². The van der Waals surface area contributed by atoms with Crippen molar-refractivity contribution in [3.63, 3.8) is 0 Å². The van der Waals surface area contributed by atoms with Gasteiger partial charge in [-0.25, -0.2) is 0 Å². The normalized spacial score (nSPS) is 42.4. The molecule has 0 aromatic carbocycles. The highest BCUT2D eigenvalue weighted by atomic mass is 14.9. The quantitative estimate of drug-likeness (QED) is 0.727. The van der Waals surface area contributed by atoms with E-state index in [9.17, 15) is 0 Å². The third kappa shape index (κ3) is 2.98. The zero-order valence-electron chi connectivity index (χ0n) is 9.76. The molecule has 0 amide bonds. The summed E-state index contributed by atoms with van der Waals surface area (Å²) in [4.78, 5) is 0. The molecular weight excluding hydrogens is 170 g/mol. The molecule has 2 atom stereocenters. The van der Waals surface area contributed by atoms with E-state index in [2.05, 4.69) is 19.2 Å². The number of rotatable bonds is 4. The summed E-state index contributed by atoms with van der Waals surface area (Å²) >= 11 is 0. The second-order valence-electron chi connectivity index (χ2n) is 5.76. The first kappa shape index (κ1) is 10.5. The van der Waals surface area contributed by atoms with E-state index >= 15 is 0 Å². The molecule has 2 fully saturated rings. The molecular formula is C13H25N. The minimum Gasteiger partial charge on any atom is -0.316 e. The van der Waals surface area contributed by atoms with Crippen molar-refractivity contribution < 1.29 is 0 Å². The highest BCUT2D eigenvalue weighted by molar-refractivity contribution is 4.84. The fourth-order valence-corrected chi connectivity index (χ4v) is 2.69. The first-order valence-electron chi connectivity index (χ1n) is 6.46. The van der Waals surface area contributed by atoms with Crippen LogP contribution < -0.4 is 5.32 Å². The van der Waals surface area contributed by atoms with Crippen molar-refractivity contribution in [1.82, 2.24) is 5.32 Å². The highest BCUT2D eigenvalue weighted by Crippen LogP contribution is 2.37. The molecule has 1 heteroatoms. The van der Waals surface area contributed by atoms with Gasteiger partial charge in [-0.05, 0) is 56.0 Å². The number of nitrogens with one attached hydrogen (secondary N) is 1. The molecule has 82 valence electrons. The average molecular weight is 195 g/mol. The molecule has 0 heterocycles.